The maximum atomic E-state index is 13.0. The van der Waals surface area contributed by atoms with E-state index in [0.717, 1.165) is 18.2 Å². The van der Waals surface area contributed by atoms with Crippen LogP contribution in [0.5, 0.6) is 0 Å². The molecule has 116 valence electrons. The predicted molar refractivity (Wildman–Crippen MR) is 77.6 cm³/mol. The Labute approximate surface area is 128 Å². The Balaban J connectivity index is 2.14. The van der Waals surface area contributed by atoms with Gasteiger partial charge in [0.25, 0.3) is 0 Å². The van der Waals surface area contributed by atoms with E-state index in [4.69, 9.17) is 12.2 Å². The molecule has 2 rings (SSSR count). The van der Waals surface area contributed by atoms with Gasteiger partial charge in [0, 0.05) is 11.8 Å². The van der Waals surface area contributed by atoms with Gasteiger partial charge in [-0.25, -0.2) is 8.78 Å². The molecule has 0 bridgehead atoms. The fourth-order valence-corrected chi connectivity index (χ4v) is 1.93. The standard InChI is InChI=1S/C14H9F5N2S/c15-10-6-5-8(7-11(10)16)20-13(22)21-12-4-2-1-3-9(12)14(17,18)19/h1-7H,(H2,20,21,22). The molecule has 2 N–H and O–H groups in total. The summed E-state index contributed by atoms with van der Waals surface area (Å²) in [4.78, 5) is 0. The van der Waals surface area contributed by atoms with Gasteiger partial charge in [-0.15, -0.1) is 0 Å². The minimum absolute atomic E-state index is 0.112. The normalized spacial score (nSPS) is 11.1. The van der Waals surface area contributed by atoms with E-state index >= 15 is 0 Å². The van der Waals surface area contributed by atoms with Crippen molar-refractivity contribution in [2.75, 3.05) is 10.6 Å². The van der Waals surface area contributed by atoms with E-state index in [0.29, 0.717) is 0 Å². The molecular formula is C14H9F5N2S. The quantitative estimate of drug-likeness (QED) is 0.611. The highest BCUT2D eigenvalue weighted by molar-refractivity contribution is 7.80. The van der Waals surface area contributed by atoms with Crippen molar-refractivity contribution in [3.8, 4) is 0 Å². The van der Waals surface area contributed by atoms with Crippen molar-refractivity contribution < 1.29 is 22.0 Å². The van der Waals surface area contributed by atoms with Crippen molar-refractivity contribution >= 4 is 28.7 Å². The van der Waals surface area contributed by atoms with Gasteiger partial charge in [-0.2, -0.15) is 13.2 Å². The smallest absolute Gasteiger partial charge is 0.332 e. The third kappa shape index (κ3) is 3.91. The largest absolute Gasteiger partial charge is 0.418 e. The highest BCUT2D eigenvalue weighted by atomic mass is 32.1. The van der Waals surface area contributed by atoms with E-state index in [-0.39, 0.29) is 16.5 Å². The Morgan fingerprint density at radius 1 is 0.909 bits per heavy atom. The Hall–Kier alpha value is -2.22. The van der Waals surface area contributed by atoms with Crippen LogP contribution in [0.2, 0.25) is 0 Å². The number of benzene rings is 2. The zero-order chi connectivity index (χ0) is 16.3. The Morgan fingerprint density at radius 2 is 1.59 bits per heavy atom. The molecule has 0 saturated heterocycles. The first kappa shape index (κ1) is 16.2. The summed E-state index contributed by atoms with van der Waals surface area (Å²) in [7, 11) is 0. The van der Waals surface area contributed by atoms with E-state index in [9.17, 15) is 22.0 Å². The number of hydrogen-bond acceptors (Lipinski definition) is 1. The molecule has 2 aromatic rings. The molecule has 0 fully saturated rings. The van der Waals surface area contributed by atoms with Crippen molar-refractivity contribution in [3.63, 3.8) is 0 Å². The summed E-state index contributed by atoms with van der Waals surface area (Å²) in [5.74, 6) is -2.13. The van der Waals surface area contributed by atoms with Crippen LogP contribution in [0.4, 0.5) is 33.3 Å². The number of nitrogens with one attached hydrogen (secondary N) is 2. The second kappa shape index (κ2) is 6.27. The van der Waals surface area contributed by atoms with Gasteiger partial charge in [0.1, 0.15) is 0 Å². The van der Waals surface area contributed by atoms with E-state index in [1.165, 1.54) is 24.3 Å². The van der Waals surface area contributed by atoms with Crippen LogP contribution in [-0.4, -0.2) is 5.11 Å². The number of rotatable bonds is 2. The number of alkyl halides is 3. The SMILES string of the molecule is Fc1ccc(NC(=S)Nc2ccccc2C(F)(F)F)cc1F. The number of anilines is 2. The average molecular weight is 332 g/mol. The molecule has 0 heterocycles. The molecule has 0 aromatic heterocycles. The molecule has 0 amide bonds. The first-order valence-electron chi connectivity index (χ1n) is 5.96. The Kier molecular flexibility index (Phi) is 4.60. The fourth-order valence-electron chi connectivity index (χ4n) is 1.70. The highest BCUT2D eigenvalue weighted by Crippen LogP contribution is 2.34. The first-order chi connectivity index (χ1) is 10.3. The molecule has 0 radical (unpaired) electrons. The van der Waals surface area contributed by atoms with Crippen molar-refractivity contribution in [2.24, 2.45) is 0 Å². The van der Waals surface area contributed by atoms with Crippen molar-refractivity contribution in [3.05, 3.63) is 59.7 Å². The zero-order valence-electron chi connectivity index (χ0n) is 10.8. The van der Waals surface area contributed by atoms with Gasteiger partial charge in [-0.3, -0.25) is 0 Å². The van der Waals surface area contributed by atoms with Crippen LogP contribution < -0.4 is 10.6 Å². The van der Waals surface area contributed by atoms with E-state index in [2.05, 4.69) is 10.6 Å². The van der Waals surface area contributed by atoms with E-state index in [1.807, 2.05) is 0 Å². The lowest BCUT2D eigenvalue weighted by Crippen LogP contribution is -2.21. The van der Waals surface area contributed by atoms with Crippen molar-refractivity contribution in [2.45, 2.75) is 6.18 Å². The van der Waals surface area contributed by atoms with Crippen molar-refractivity contribution in [1.82, 2.24) is 0 Å². The molecule has 0 unspecified atom stereocenters. The molecule has 0 saturated carbocycles. The van der Waals surface area contributed by atoms with Gasteiger partial charge >= 0.3 is 6.18 Å². The van der Waals surface area contributed by atoms with Crippen LogP contribution in [0.25, 0.3) is 0 Å². The van der Waals surface area contributed by atoms with Crippen molar-refractivity contribution in [1.29, 1.82) is 0 Å². The van der Waals surface area contributed by atoms with Gasteiger partial charge in [0.2, 0.25) is 0 Å². The molecule has 0 spiro atoms. The number of halogens is 5. The predicted octanol–water partition coefficient (Wildman–Crippen LogP) is 4.79. The fraction of sp³-hybridized carbons (Fsp3) is 0.0714. The average Bonchev–Trinajstić information content (AvgIpc) is 2.42. The minimum Gasteiger partial charge on any atom is -0.332 e. The first-order valence-corrected chi connectivity index (χ1v) is 6.37. The molecule has 2 nitrogen and oxygen atoms in total. The number of hydrogen-bond donors (Lipinski definition) is 2. The monoisotopic (exact) mass is 332 g/mol. The number of para-hydroxylation sites is 1. The maximum absolute atomic E-state index is 13.0. The van der Waals surface area contributed by atoms with Crippen LogP contribution in [-0.2, 0) is 6.18 Å². The van der Waals surface area contributed by atoms with Crippen LogP contribution >= 0.6 is 12.2 Å². The van der Waals surface area contributed by atoms with Gasteiger partial charge in [-0.1, -0.05) is 12.1 Å². The lowest BCUT2D eigenvalue weighted by molar-refractivity contribution is -0.136. The second-order valence-corrected chi connectivity index (χ2v) is 4.66. The maximum Gasteiger partial charge on any atom is 0.418 e. The molecular weight excluding hydrogens is 323 g/mol. The van der Waals surface area contributed by atoms with Gasteiger partial charge in [0.05, 0.1) is 11.3 Å². The summed E-state index contributed by atoms with van der Waals surface area (Å²) in [6.45, 7) is 0. The van der Waals surface area contributed by atoms with Gasteiger partial charge < -0.3 is 10.6 Å². The lowest BCUT2D eigenvalue weighted by Gasteiger charge is -2.15. The molecule has 0 aliphatic rings. The lowest BCUT2D eigenvalue weighted by atomic mass is 10.1. The molecule has 22 heavy (non-hydrogen) atoms. The minimum atomic E-state index is -4.54. The van der Waals surface area contributed by atoms with Crippen LogP contribution in [0, 0.1) is 11.6 Å². The van der Waals surface area contributed by atoms with Crippen LogP contribution in [0.1, 0.15) is 5.56 Å². The molecule has 2 aromatic carbocycles. The third-order valence-corrected chi connectivity index (χ3v) is 2.86. The summed E-state index contributed by atoms with van der Waals surface area (Å²) in [5.41, 5.74) is -1.01. The Bertz CT molecular complexity index is 700. The summed E-state index contributed by atoms with van der Waals surface area (Å²) < 4.78 is 64.3. The van der Waals surface area contributed by atoms with Gasteiger partial charge in [-0.05, 0) is 36.5 Å². The highest BCUT2D eigenvalue weighted by Gasteiger charge is 2.33. The molecule has 0 aliphatic heterocycles. The van der Waals surface area contributed by atoms with Crippen LogP contribution in [0.3, 0.4) is 0 Å². The van der Waals surface area contributed by atoms with E-state index in [1.54, 1.807) is 0 Å². The Morgan fingerprint density at radius 3 is 2.23 bits per heavy atom. The topological polar surface area (TPSA) is 24.1 Å². The summed E-state index contributed by atoms with van der Waals surface area (Å²) in [6, 6.07) is 7.72. The van der Waals surface area contributed by atoms with E-state index < -0.39 is 23.4 Å². The summed E-state index contributed by atoms with van der Waals surface area (Å²) in [6.07, 6.45) is -4.54. The third-order valence-electron chi connectivity index (χ3n) is 2.66. The van der Waals surface area contributed by atoms with Crippen LogP contribution in [0.15, 0.2) is 42.5 Å². The second-order valence-electron chi connectivity index (χ2n) is 4.25. The van der Waals surface area contributed by atoms with Gasteiger partial charge in [0.15, 0.2) is 16.7 Å². The molecule has 0 atom stereocenters. The zero-order valence-corrected chi connectivity index (χ0v) is 11.7. The summed E-state index contributed by atoms with van der Waals surface area (Å²) >= 11 is 4.87. The summed E-state index contributed by atoms with van der Waals surface area (Å²) in [5, 5.41) is 4.69. The molecule has 8 heteroatoms. The molecule has 0 aliphatic carbocycles. The number of thiocarbonyl (C=S) groups is 1.